The summed E-state index contributed by atoms with van der Waals surface area (Å²) in [5.41, 5.74) is 2.22. The number of nitrogens with one attached hydrogen (secondary N) is 2. The number of halogens is 1. The molecule has 1 aliphatic heterocycles. The van der Waals surface area contributed by atoms with Gasteiger partial charge in [0.1, 0.15) is 0 Å². The molecule has 154 valence electrons. The molecule has 1 heterocycles. The summed E-state index contributed by atoms with van der Waals surface area (Å²) in [5.74, 6) is 0.738. The van der Waals surface area contributed by atoms with E-state index in [0.29, 0.717) is 6.04 Å². The number of carbonyl (C=O) groups excluding carboxylic acids is 1. The van der Waals surface area contributed by atoms with E-state index in [9.17, 15) is 4.79 Å². The lowest BCUT2D eigenvalue weighted by molar-refractivity contribution is 0.119. The fourth-order valence-electron chi connectivity index (χ4n) is 4.85. The van der Waals surface area contributed by atoms with E-state index in [1.165, 1.54) is 31.2 Å². The van der Waals surface area contributed by atoms with Crippen LogP contribution >= 0.6 is 11.6 Å². The predicted octanol–water partition coefficient (Wildman–Crippen LogP) is 5.34. The Hall–Kier alpha value is -2.04. The molecule has 2 aromatic carbocycles. The molecule has 4 nitrogen and oxygen atoms in total. The molecule has 2 amide bonds. The standard InChI is InChI=1S/C24H30ClN3O/c25-20-11-9-18(10-12-20)17-19-13-15-28(16-14-19)23-8-4-7-22(23)27-24(29)26-21-5-2-1-3-6-21/h1-3,5-6,9-12,19,22-23H,4,7-8,13-17H2,(H2,26,27,29). The molecule has 0 spiro atoms. The number of benzene rings is 2. The van der Waals surface area contributed by atoms with Crippen LogP contribution in [0.5, 0.6) is 0 Å². The molecule has 0 aromatic heterocycles. The smallest absolute Gasteiger partial charge is 0.319 e. The zero-order valence-electron chi connectivity index (χ0n) is 16.8. The highest BCUT2D eigenvalue weighted by Crippen LogP contribution is 2.30. The molecule has 1 saturated heterocycles. The fraction of sp³-hybridized carbons (Fsp3) is 0.458. The summed E-state index contributed by atoms with van der Waals surface area (Å²) in [6, 6.07) is 18.5. The van der Waals surface area contributed by atoms with Gasteiger partial charge in [0.05, 0.1) is 0 Å². The number of anilines is 1. The third-order valence-electron chi connectivity index (χ3n) is 6.38. The lowest BCUT2D eigenvalue weighted by Gasteiger charge is -2.38. The third kappa shape index (κ3) is 5.52. The maximum atomic E-state index is 12.4. The lowest BCUT2D eigenvalue weighted by Crippen LogP contribution is -2.52. The highest BCUT2D eigenvalue weighted by atomic mass is 35.5. The maximum Gasteiger partial charge on any atom is 0.319 e. The Bertz CT molecular complexity index is 788. The molecule has 2 aliphatic rings. The Balaban J connectivity index is 1.26. The van der Waals surface area contributed by atoms with Crippen molar-refractivity contribution in [1.29, 1.82) is 0 Å². The predicted molar refractivity (Wildman–Crippen MR) is 119 cm³/mol. The Kier molecular flexibility index (Phi) is 6.73. The van der Waals surface area contributed by atoms with Crippen molar-refractivity contribution in [2.24, 2.45) is 5.92 Å². The maximum absolute atomic E-state index is 12.4. The van der Waals surface area contributed by atoms with E-state index in [1.807, 2.05) is 42.5 Å². The molecule has 1 saturated carbocycles. The minimum absolute atomic E-state index is 0.0919. The Morgan fingerprint density at radius 1 is 0.966 bits per heavy atom. The number of amides is 2. The van der Waals surface area contributed by atoms with Crippen LogP contribution in [-0.4, -0.2) is 36.1 Å². The Labute approximate surface area is 178 Å². The summed E-state index contributed by atoms with van der Waals surface area (Å²) < 4.78 is 0. The number of carbonyl (C=O) groups is 1. The minimum atomic E-state index is -0.0919. The number of hydrogen-bond donors (Lipinski definition) is 2. The van der Waals surface area contributed by atoms with Gasteiger partial charge in [0, 0.05) is 22.8 Å². The molecule has 2 atom stereocenters. The first-order chi connectivity index (χ1) is 14.2. The zero-order chi connectivity index (χ0) is 20.1. The van der Waals surface area contributed by atoms with E-state index in [0.717, 1.165) is 42.6 Å². The molecule has 2 N–H and O–H groups in total. The highest BCUT2D eigenvalue weighted by Gasteiger charge is 2.35. The van der Waals surface area contributed by atoms with Gasteiger partial charge in [-0.15, -0.1) is 0 Å². The van der Waals surface area contributed by atoms with Crippen LogP contribution in [0.2, 0.25) is 5.02 Å². The molecule has 5 heteroatoms. The summed E-state index contributed by atoms with van der Waals surface area (Å²) in [4.78, 5) is 15.0. The molecule has 0 bridgehead atoms. The topological polar surface area (TPSA) is 44.4 Å². The van der Waals surface area contributed by atoms with Crippen molar-refractivity contribution in [1.82, 2.24) is 10.2 Å². The molecule has 4 rings (SSSR count). The number of rotatable bonds is 5. The summed E-state index contributed by atoms with van der Waals surface area (Å²) in [6.07, 6.45) is 7.02. The van der Waals surface area contributed by atoms with Gasteiger partial charge in [-0.25, -0.2) is 4.79 Å². The van der Waals surface area contributed by atoms with Gasteiger partial charge in [0.2, 0.25) is 0 Å². The lowest BCUT2D eigenvalue weighted by atomic mass is 9.89. The third-order valence-corrected chi connectivity index (χ3v) is 6.64. The average Bonchev–Trinajstić information content (AvgIpc) is 3.19. The average molecular weight is 412 g/mol. The number of para-hydroxylation sites is 1. The van der Waals surface area contributed by atoms with Crippen molar-refractivity contribution in [3.8, 4) is 0 Å². The van der Waals surface area contributed by atoms with E-state index < -0.39 is 0 Å². The SMILES string of the molecule is O=C(Nc1ccccc1)NC1CCCC1N1CCC(Cc2ccc(Cl)cc2)CC1. The summed E-state index contributed by atoms with van der Waals surface area (Å²) in [5, 5.41) is 6.98. The number of hydrogen-bond acceptors (Lipinski definition) is 2. The number of likely N-dealkylation sites (tertiary alicyclic amines) is 1. The van der Waals surface area contributed by atoms with Gasteiger partial charge in [0.15, 0.2) is 0 Å². The zero-order valence-corrected chi connectivity index (χ0v) is 17.6. The summed E-state index contributed by atoms with van der Waals surface area (Å²) in [6.45, 7) is 2.25. The van der Waals surface area contributed by atoms with E-state index in [1.54, 1.807) is 0 Å². The van der Waals surface area contributed by atoms with Crippen molar-refractivity contribution in [2.45, 2.75) is 50.6 Å². The Morgan fingerprint density at radius 3 is 2.41 bits per heavy atom. The van der Waals surface area contributed by atoms with E-state index in [-0.39, 0.29) is 12.1 Å². The van der Waals surface area contributed by atoms with Crippen molar-refractivity contribution in [3.05, 3.63) is 65.2 Å². The number of urea groups is 1. The summed E-state index contributed by atoms with van der Waals surface area (Å²) >= 11 is 6.00. The van der Waals surface area contributed by atoms with E-state index >= 15 is 0 Å². The van der Waals surface area contributed by atoms with Crippen molar-refractivity contribution < 1.29 is 4.79 Å². The van der Waals surface area contributed by atoms with Crippen LogP contribution in [0.3, 0.4) is 0 Å². The second-order valence-electron chi connectivity index (χ2n) is 8.38. The van der Waals surface area contributed by atoms with Crippen LogP contribution in [0, 0.1) is 5.92 Å². The van der Waals surface area contributed by atoms with Gasteiger partial charge in [-0.2, -0.15) is 0 Å². The quantitative estimate of drug-likeness (QED) is 0.697. The van der Waals surface area contributed by atoms with Gasteiger partial charge >= 0.3 is 6.03 Å². The molecule has 0 radical (unpaired) electrons. The molecule has 2 aromatic rings. The summed E-state index contributed by atoms with van der Waals surface area (Å²) in [7, 11) is 0. The van der Waals surface area contributed by atoms with Gasteiger partial charge in [0.25, 0.3) is 0 Å². The molecule has 2 unspecified atom stereocenters. The van der Waals surface area contributed by atoms with Crippen LogP contribution in [0.1, 0.15) is 37.7 Å². The van der Waals surface area contributed by atoms with Gasteiger partial charge in [-0.1, -0.05) is 41.9 Å². The van der Waals surface area contributed by atoms with Gasteiger partial charge in [-0.3, -0.25) is 4.90 Å². The first kappa shape index (κ1) is 20.2. The second kappa shape index (κ2) is 9.64. The fourth-order valence-corrected chi connectivity index (χ4v) is 4.97. The molecular weight excluding hydrogens is 382 g/mol. The van der Waals surface area contributed by atoms with Crippen LogP contribution in [0.15, 0.2) is 54.6 Å². The largest absolute Gasteiger partial charge is 0.334 e. The van der Waals surface area contributed by atoms with E-state index in [4.69, 9.17) is 11.6 Å². The van der Waals surface area contributed by atoms with Gasteiger partial charge in [-0.05, 0) is 87.4 Å². The van der Waals surface area contributed by atoms with Crippen molar-refractivity contribution in [2.75, 3.05) is 18.4 Å². The number of piperidine rings is 1. The first-order valence-electron chi connectivity index (χ1n) is 10.8. The molecular formula is C24H30ClN3O. The van der Waals surface area contributed by atoms with Crippen molar-refractivity contribution >= 4 is 23.3 Å². The number of nitrogens with zero attached hydrogens (tertiary/aromatic N) is 1. The van der Waals surface area contributed by atoms with Gasteiger partial charge < -0.3 is 10.6 Å². The molecule has 2 fully saturated rings. The van der Waals surface area contributed by atoms with Crippen molar-refractivity contribution in [3.63, 3.8) is 0 Å². The molecule has 1 aliphatic carbocycles. The normalized spacial score (nSPS) is 23.1. The molecule has 29 heavy (non-hydrogen) atoms. The Morgan fingerprint density at radius 2 is 1.69 bits per heavy atom. The van der Waals surface area contributed by atoms with Crippen LogP contribution < -0.4 is 10.6 Å². The monoisotopic (exact) mass is 411 g/mol. The highest BCUT2D eigenvalue weighted by molar-refractivity contribution is 6.30. The van der Waals surface area contributed by atoms with Crippen LogP contribution in [0.4, 0.5) is 10.5 Å². The van der Waals surface area contributed by atoms with E-state index in [2.05, 4.69) is 27.7 Å². The minimum Gasteiger partial charge on any atom is -0.334 e. The van der Waals surface area contributed by atoms with Crippen LogP contribution in [0.25, 0.3) is 0 Å². The first-order valence-corrected chi connectivity index (χ1v) is 11.2. The second-order valence-corrected chi connectivity index (χ2v) is 8.82. The van der Waals surface area contributed by atoms with Crippen LogP contribution in [-0.2, 0) is 6.42 Å².